The standard InChI is InChI=1S/C12H16FNO3/c1-8(2)16-6-7-17-12(15)9-4-3-5-10(13)11(9)14/h3-5,8H,6-7,14H2,1-2H3. The number of carbonyl (C=O) groups is 1. The van der Waals surface area contributed by atoms with Gasteiger partial charge in [0, 0.05) is 0 Å². The van der Waals surface area contributed by atoms with E-state index in [9.17, 15) is 9.18 Å². The normalized spacial score (nSPS) is 10.6. The molecule has 0 aromatic heterocycles. The molecule has 4 nitrogen and oxygen atoms in total. The van der Waals surface area contributed by atoms with Gasteiger partial charge in [-0.1, -0.05) is 6.07 Å². The van der Waals surface area contributed by atoms with Crippen LogP contribution in [0.5, 0.6) is 0 Å². The molecule has 0 atom stereocenters. The quantitative estimate of drug-likeness (QED) is 0.486. The highest BCUT2D eigenvalue weighted by atomic mass is 19.1. The monoisotopic (exact) mass is 241 g/mol. The number of nitrogen functional groups attached to an aromatic ring is 1. The van der Waals surface area contributed by atoms with Crippen molar-refractivity contribution in [3.05, 3.63) is 29.6 Å². The maximum Gasteiger partial charge on any atom is 0.340 e. The minimum absolute atomic E-state index is 0.0366. The smallest absolute Gasteiger partial charge is 0.340 e. The van der Waals surface area contributed by atoms with Crippen LogP contribution in [0.15, 0.2) is 18.2 Å². The molecule has 0 saturated heterocycles. The van der Waals surface area contributed by atoms with E-state index in [2.05, 4.69) is 0 Å². The highest BCUT2D eigenvalue weighted by Crippen LogP contribution is 2.16. The number of carbonyl (C=O) groups excluding carboxylic acids is 1. The molecule has 0 aliphatic heterocycles. The molecule has 0 bridgehead atoms. The van der Waals surface area contributed by atoms with Gasteiger partial charge in [0.1, 0.15) is 12.4 Å². The van der Waals surface area contributed by atoms with E-state index in [-0.39, 0.29) is 24.0 Å². The number of ether oxygens (including phenoxy) is 2. The first-order chi connectivity index (χ1) is 8.02. The molecule has 0 saturated carbocycles. The van der Waals surface area contributed by atoms with Crippen LogP contribution in [0.25, 0.3) is 0 Å². The van der Waals surface area contributed by atoms with Gasteiger partial charge < -0.3 is 15.2 Å². The molecule has 5 heteroatoms. The fourth-order valence-electron chi connectivity index (χ4n) is 1.21. The van der Waals surface area contributed by atoms with Gasteiger partial charge in [-0.2, -0.15) is 0 Å². The zero-order valence-corrected chi connectivity index (χ0v) is 9.90. The molecule has 0 heterocycles. The molecule has 0 amide bonds. The Kier molecular flexibility index (Phi) is 4.90. The lowest BCUT2D eigenvalue weighted by Crippen LogP contribution is -2.15. The number of benzene rings is 1. The summed E-state index contributed by atoms with van der Waals surface area (Å²) in [5, 5.41) is 0. The molecule has 2 N–H and O–H groups in total. The van der Waals surface area contributed by atoms with Gasteiger partial charge in [0.05, 0.1) is 24.0 Å². The number of anilines is 1. The van der Waals surface area contributed by atoms with Crippen molar-refractivity contribution in [2.24, 2.45) is 0 Å². The molecular formula is C12H16FNO3. The van der Waals surface area contributed by atoms with Crippen molar-refractivity contribution in [2.45, 2.75) is 20.0 Å². The number of hydrogen-bond acceptors (Lipinski definition) is 4. The van der Waals surface area contributed by atoms with Crippen LogP contribution in [0.3, 0.4) is 0 Å². The van der Waals surface area contributed by atoms with Crippen LogP contribution in [0.4, 0.5) is 10.1 Å². The number of nitrogens with two attached hydrogens (primary N) is 1. The number of hydrogen-bond donors (Lipinski definition) is 1. The Hall–Kier alpha value is -1.62. The number of esters is 1. The van der Waals surface area contributed by atoms with Crippen LogP contribution >= 0.6 is 0 Å². The third-order valence-corrected chi connectivity index (χ3v) is 2.04. The molecule has 1 rings (SSSR count). The minimum atomic E-state index is -0.644. The van der Waals surface area contributed by atoms with Gasteiger partial charge >= 0.3 is 5.97 Å². The molecule has 1 aromatic carbocycles. The summed E-state index contributed by atoms with van der Waals surface area (Å²) in [6.45, 7) is 4.18. The van der Waals surface area contributed by atoms with Crippen LogP contribution in [0, 0.1) is 5.82 Å². The Morgan fingerprint density at radius 2 is 2.12 bits per heavy atom. The van der Waals surface area contributed by atoms with Crippen LogP contribution < -0.4 is 5.73 Å². The summed E-state index contributed by atoms with van der Waals surface area (Å²) in [6, 6.07) is 4.02. The predicted octanol–water partition coefficient (Wildman–Crippen LogP) is 1.99. The zero-order chi connectivity index (χ0) is 12.8. The van der Waals surface area contributed by atoms with Crippen molar-refractivity contribution in [1.82, 2.24) is 0 Å². The Bertz CT molecular complexity index is 393. The van der Waals surface area contributed by atoms with E-state index in [1.54, 1.807) is 0 Å². The van der Waals surface area contributed by atoms with E-state index in [4.69, 9.17) is 15.2 Å². The average molecular weight is 241 g/mol. The number of para-hydroxylation sites is 1. The van der Waals surface area contributed by atoms with Crippen LogP contribution in [0.2, 0.25) is 0 Å². The maximum absolute atomic E-state index is 13.1. The van der Waals surface area contributed by atoms with Crippen LogP contribution in [-0.4, -0.2) is 25.3 Å². The van der Waals surface area contributed by atoms with Gasteiger partial charge in [-0.15, -0.1) is 0 Å². The van der Waals surface area contributed by atoms with E-state index < -0.39 is 11.8 Å². The zero-order valence-electron chi connectivity index (χ0n) is 9.90. The second-order valence-electron chi connectivity index (χ2n) is 3.76. The van der Waals surface area contributed by atoms with E-state index in [1.165, 1.54) is 18.2 Å². The molecule has 0 unspecified atom stereocenters. The van der Waals surface area contributed by atoms with E-state index in [0.717, 1.165) is 0 Å². The molecule has 0 aliphatic rings. The summed E-state index contributed by atoms with van der Waals surface area (Å²) < 4.78 is 23.2. The van der Waals surface area contributed by atoms with Gasteiger partial charge in [-0.05, 0) is 26.0 Å². The first-order valence-corrected chi connectivity index (χ1v) is 5.35. The summed E-state index contributed by atoms with van der Waals surface area (Å²) in [6.07, 6.45) is 0.0768. The molecule has 0 aliphatic carbocycles. The summed E-state index contributed by atoms with van der Waals surface area (Å²) >= 11 is 0. The number of rotatable bonds is 5. The predicted molar refractivity (Wildman–Crippen MR) is 62.2 cm³/mol. The van der Waals surface area contributed by atoms with Crippen molar-refractivity contribution in [1.29, 1.82) is 0 Å². The van der Waals surface area contributed by atoms with Crippen LogP contribution in [0.1, 0.15) is 24.2 Å². The molecule has 0 radical (unpaired) electrons. The molecule has 0 fully saturated rings. The van der Waals surface area contributed by atoms with Crippen molar-refractivity contribution in [2.75, 3.05) is 18.9 Å². The second-order valence-corrected chi connectivity index (χ2v) is 3.76. The lowest BCUT2D eigenvalue weighted by molar-refractivity contribution is 0.0177. The Morgan fingerprint density at radius 1 is 1.41 bits per heavy atom. The fourth-order valence-corrected chi connectivity index (χ4v) is 1.21. The third-order valence-electron chi connectivity index (χ3n) is 2.04. The van der Waals surface area contributed by atoms with E-state index in [0.29, 0.717) is 6.61 Å². The Balaban J connectivity index is 2.50. The molecule has 17 heavy (non-hydrogen) atoms. The van der Waals surface area contributed by atoms with Crippen molar-refractivity contribution in [3.8, 4) is 0 Å². The summed E-state index contributed by atoms with van der Waals surface area (Å²) in [5.41, 5.74) is 5.27. The van der Waals surface area contributed by atoms with Gasteiger partial charge in [0.2, 0.25) is 0 Å². The van der Waals surface area contributed by atoms with E-state index in [1.807, 2.05) is 13.8 Å². The average Bonchev–Trinajstić information content (AvgIpc) is 2.27. The van der Waals surface area contributed by atoms with E-state index >= 15 is 0 Å². The van der Waals surface area contributed by atoms with Gasteiger partial charge in [0.25, 0.3) is 0 Å². The van der Waals surface area contributed by atoms with Crippen molar-refractivity contribution < 1.29 is 18.7 Å². The van der Waals surface area contributed by atoms with Gasteiger partial charge in [0.15, 0.2) is 0 Å². The lowest BCUT2D eigenvalue weighted by Gasteiger charge is -2.09. The molecule has 0 spiro atoms. The van der Waals surface area contributed by atoms with Crippen LogP contribution in [-0.2, 0) is 9.47 Å². The van der Waals surface area contributed by atoms with Crippen molar-refractivity contribution >= 4 is 11.7 Å². The highest BCUT2D eigenvalue weighted by Gasteiger charge is 2.13. The SMILES string of the molecule is CC(C)OCCOC(=O)c1cccc(F)c1N. The lowest BCUT2D eigenvalue weighted by atomic mass is 10.2. The summed E-state index contributed by atoms with van der Waals surface area (Å²) in [4.78, 5) is 11.5. The largest absolute Gasteiger partial charge is 0.460 e. The first kappa shape index (κ1) is 13.4. The van der Waals surface area contributed by atoms with Gasteiger partial charge in [-0.3, -0.25) is 0 Å². The van der Waals surface area contributed by atoms with Gasteiger partial charge in [-0.25, -0.2) is 9.18 Å². The molecule has 1 aromatic rings. The minimum Gasteiger partial charge on any atom is -0.460 e. The third kappa shape index (κ3) is 4.03. The highest BCUT2D eigenvalue weighted by molar-refractivity contribution is 5.95. The fraction of sp³-hybridized carbons (Fsp3) is 0.417. The Morgan fingerprint density at radius 3 is 2.76 bits per heavy atom. The first-order valence-electron chi connectivity index (χ1n) is 5.35. The molecule has 94 valence electrons. The Labute approximate surface area is 99.5 Å². The summed E-state index contributed by atoms with van der Waals surface area (Å²) in [5.74, 6) is -1.27. The second kappa shape index (κ2) is 6.20. The number of halogens is 1. The summed E-state index contributed by atoms with van der Waals surface area (Å²) in [7, 11) is 0. The maximum atomic E-state index is 13.1. The van der Waals surface area contributed by atoms with Crippen molar-refractivity contribution in [3.63, 3.8) is 0 Å². The topological polar surface area (TPSA) is 61.5 Å². The molecular weight excluding hydrogens is 225 g/mol.